The van der Waals surface area contributed by atoms with Crippen LogP contribution in [0.3, 0.4) is 0 Å². The van der Waals surface area contributed by atoms with E-state index in [1.165, 1.54) is 11.3 Å². The van der Waals surface area contributed by atoms with Crippen LogP contribution in [0, 0.1) is 16.7 Å². The Bertz CT molecular complexity index is 708. The molecule has 1 N–H and O–H groups in total. The third-order valence-electron chi connectivity index (χ3n) is 6.61. The molecule has 160 valence electrons. The molecule has 0 aliphatic carbocycles. The average molecular weight is 418 g/mol. The summed E-state index contributed by atoms with van der Waals surface area (Å²) in [5, 5.41) is 10.4. The number of carbonyl (C=O) groups is 2. The van der Waals surface area contributed by atoms with E-state index in [1.807, 2.05) is 22.4 Å². The van der Waals surface area contributed by atoms with E-state index in [4.69, 9.17) is 5.41 Å². The highest BCUT2D eigenvalue weighted by molar-refractivity contribution is 7.12. The van der Waals surface area contributed by atoms with Crippen molar-refractivity contribution in [3.63, 3.8) is 0 Å². The molecule has 2 saturated heterocycles. The number of hydrogen-bond donors (Lipinski definition) is 1. The van der Waals surface area contributed by atoms with E-state index in [0.717, 1.165) is 69.3 Å². The van der Waals surface area contributed by atoms with E-state index in [2.05, 4.69) is 13.8 Å². The zero-order chi connectivity index (χ0) is 20.9. The lowest BCUT2D eigenvalue weighted by molar-refractivity contribution is -0.135. The summed E-state index contributed by atoms with van der Waals surface area (Å²) in [6.45, 7) is 6.52. The zero-order valence-corrected chi connectivity index (χ0v) is 18.7. The van der Waals surface area contributed by atoms with E-state index < -0.39 is 0 Å². The lowest BCUT2D eigenvalue weighted by Gasteiger charge is -2.27. The van der Waals surface area contributed by atoms with Crippen molar-refractivity contribution in [1.82, 2.24) is 9.80 Å². The molecule has 3 rings (SSSR count). The van der Waals surface area contributed by atoms with Gasteiger partial charge in [0.05, 0.1) is 10.3 Å². The fourth-order valence-electron chi connectivity index (χ4n) is 4.80. The van der Waals surface area contributed by atoms with Gasteiger partial charge in [0.25, 0.3) is 5.91 Å². The van der Waals surface area contributed by atoms with Gasteiger partial charge in [-0.05, 0) is 43.0 Å². The molecule has 2 fully saturated rings. The maximum absolute atomic E-state index is 13.3. The van der Waals surface area contributed by atoms with Crippen LogP contribution < -0.4 is 0 Å². The Balaban J connectivity index is 1.55. The fraction of sp³-hybridized carbons (Fsp3) is 0.696. The van der Waals surface area contributed by atoms with Gasteiger partial charge in [-0.1, -0.05) is 45.6 Å². The molecule has 29 heavy (non-hydrogen) atoms. The number of nitrogens with zero attached hydrogens (tertiary/aromatic N) is 2. The minimum atomic E-state index is -0.333. The van der Waals surface area contributed by atoms with Crippen LogP contribution in [0.15, 0.2) is 17.5 Å². The summed E-state index contributed by atoms with van der Waals surface area (Å²) >= 11 is 1.49. The Labute approximate surface area is 179 Å². The van der Waals surface area contributed by atoms with Crippen LogP contribution in [0.2, 0.25) is 0 Å². The molecular weight excluding hydrogens is 382 g/mol. The molecule has 0 bridgehead atoms. The normalized spacial score (nSPS) is 21.4. The van der Waals surface area contributed by atoms with Crippen LogP contribution in [0.1, 0.15) is 81.3 Å². The molecule has 1 aromatic heterocycles. The first-order valence-electron chi connectivity index (χ1n) is 11.2. The van der Waals surface area contributed by atoms with Gasteiger partial charge in [0.2, 0.25) is 5.91 Å². The predicted octanol–water partition coefficient (Wildman–Crippen LogP) is 5.18. The van der Waals surface area contributed by atoms with Gasteiger partial charge in [0.1, 0.15) is 5.84 Å². The average Bonchev–Trinajstić information content (AvgIpc) is 3.45. The van der Waals surface area contributed by atoms with Crippen LogP contribution in [0.5, 0.6) is 0 Å². The van der Waals surface area contributed by atoms with E-state index in [-0.39, 0.29) is 17.2 Å². The lowest BCUT2D eigenvalue weighted by Crippen LogP contribution is -2.37. The molecule has 0 saturated carbocycles. The number of likely N-dealkylation sites (tertiary alicyclic amines) is 2. The third kappa shape index (κ3) is 4.90. The van der Waals surface area contributed by atoms with Gasteiger partial charge in [0, 0.05) is 26.1 Å². The molecule has 2 aliphatic heterocycles. The van der Waals surface area contributed by atoms with Crippen LogP contribution in [-0.4, -0.2) is 47.1 Å². The zero-order valence-electron chi connectivity index (χ0n) is 17.9. The number of rotatable bonds is 10. The van der Waals surface area contributed by atoms with Crippen molar-refractivity contribution in [1.29, 1.82) is 5.41 Å². The largest absolute Gasteiger partial charge is 0.338 e. The van der Waals surface area contributed by atoms with Crippen LogP contribution >= 0.6 is 11.3 Å². The molecule has 1 atom stereocenters. The quantitative estimate of drug-likeness (QED) is 0.570. The van der Waals surface area contributed by atoms with Crippen molar-refractivity contribution in [3.05, 3.63) is 22.4 Å². The number of unbranched alkanes of at least 4 members (excludes halogenated alkanes) is 2. The second kappa shape index (κ2) is 9.88. The summed E-state index contributed by atoms with van der Waals surface area (Å²) in [7, 11) is 0. The van der Waals surface area contributed by atoms with Crippen LogP contribution in [0.25, 0.3) is 0 Å². The third-order valence-corrected chi connectivity index (χ3v) is 7.47. The molecular formula is C23H35N3O2S. The summed E-state index contributed by atoms with van der Waals surface area (Å²) < 4.78 is 0. The molecule has 0 spiro atoms. The Morgan fingerprint density at radius 3 is 2.62 bits per heavy atom. The maximum atomic E-state index is 13.3. The second-order valence-corrected chi connectivity index (χ2v) is 9.69. The highest BCUT2D eigenvalue weighted by Gasteiger charge is 2.48. The number of amides is 2. The topological polar surface area (TPSA) is 64.5 Å². The molecule has 0 aromatic carbocycles. The van der Waals surface area contributed by atoms with Crippen molar-refractivity contribution in [2.24, 2.45) is 11.3 Å². The SMILES string of the molecule is CCCCC1(CCCC)CC(=N)N(CCC2CCN(C(=O)c3cccs3)C2)C1=O. The van der Waals surface area contributed by atoms with E-state index >= 15 is 0 Å². The van der Waals surface area contributed by atoms with Gasteiger partial charge in [-0.25, -0.2) is 0 Å². The first-order chi connectivity index (χ1) is 14.0. The Morgan fingerprint density at radius 1 is 1.28 bits per heavy atom. The second-order valence-electron chi connectivity index (χ2n) is 8.74. The van der Waals surface area contributed by atoms with Gasteiger partial charge in [-0.2, -0.15) is 0 Å². The van der Waals surface area contributed by atoms with Gasteiger partial charge in [0.15, 0.2) is 0 Å². The Hall–Kier alpha value is -1.69. The van der Waals surface area contributed by atoms with Crippen LogP contribution in [0.4, 0.5) is 0 Å². The van der Waals surface area contributed by atoms with Crippen molar-refractivity contribution in [3.8, 4) is 0 Å². The summed E-state index contributed by atoms with van der Waals surface area (Å²) in [6.07, 6.45) is 8.58. The molecule has 5 nitrogen and oxygen atoms in total. The van der Waals surface area contributed by atoms with E-state index in [1.54, 1.807) is 4.90 Å². The van der Waals surface area contributed by atoms with Crippen LogP contribution in [-0.2, 0) is 4.79 Å². The summed E-state index contributed by atoms with van der Waals surface area (Å²) in [6, 6.07) is 3.80. The first kappa shape index (κ1) is 22.0. The molecule has 3 heterocycles. The van der Waals surface area contributed by atoms with Crippen molar-refractivity contribution < 1.29 is 9.59 Å². The minimum absolute atomic E-state index is 0.130. The molecule has 1 unspecified atom stereocenters. The summed E-state index contributed by atoms with van der Waals surface area (Å²) in [5.41, 5.74) is -0.333. The van der Waals surface area contributed by atoms with Gasteiger partial charge < -0.3 is 9.80 Å². The number of carbonyl (C=O) groups excluding carboxylic acids is 2. The number of amidine groups is 1. The minimum Gasteiger partial charge on any atom is -0.338 e. The highest BCUT2D eigenvalue weighted by atomic mass is 32.1. The molecule has 6 heteroatoms. The maximum Gasteiger partial charge on any atom is 0.263 e. The highest BCUT2D eigenvalue weighted by Crippen LogP contribution is 2.42. The van der Waals surface area contributed by atoms with Gasteiger partial charge >= 0.3 is 0 Å². The van der Waals surface area contributed by atoms with Crippen molar-refractivity contribution in [2.45, 2.75) is 71.6 Å². The Kier molecular flexibility index (Phi) is 7.49. The molecule has 2 aliphatic rings. The monoisotopic (exact) mass is 417 g/mol. The lowest BCUT2D eigenvalue weighted by atomic mass is 9.77. The molecule has 0 radical (unpaired) electrons. The summed E-state index contributed by atoms with van der Waals surface area (Å²) in [4.78, 5) is 30.4. The fourth-order valence-corrected chi connectivity index (χ4v) is 5.49. The molecule has 2 amide bonds. The Morgan fingerprint density at radius 2 is 2.00 bits per heavy atom. The smallest absolute Gasteiger partial charge is 0.263 e. The predicted molar refractivity (Wildman–Crippen MR) is 118 cm³/mol. The van der Waals surface area contributed by atoms with E-state index in [0.29, 0.717) is 24.7 Å². The standard InChI is InChI=1S/C23H35N3O2S/c1-3-5-11-23(12-6-4-2)16-20(24)26(22(23)28)14-10-18-9-13-25(17-18)21(27)19-8-7-15-29-19/h7-8,15,18,24H,3-6,9-14,16-17H2,1-2H3. The number of hydrogen-bond acceptors (Lipinski definition) is 4. The van der Waals surface area contributed by atoms with Gasteiger partial charge in [-0.3, -0.25) is 15.0 Å². The van der Waals surface area contributed by atoms with E-state index in [9.17, 15) is 9.59 Å². The number of nitrogens with one attached hydrogen (secondary N) is 1. The van der Waals surface area contributed by atoms with Crippen molar-refractivity contribution in [2.75, 3.05) is 19.6 Å². The summed E-state index contributed by atoms with van der Waals surface area (Å²) in [5.74, 6) is 1.24. The molecule has 1 aromatic rings. The number of thiophene rings is 1. The van der Waals surface area contributed by atoms with Gasteiger partial charge in [-0.15, -0.1) is 11.3 Å². The first-order valence-corrected chi connectivity index (χ1v) is 12.1. The van der Waals surface area contributed by atoms with Crippen molar-refractivity contribution >= 4 is 29.0 Å².